The van der Waals surface area contributed by atoms with Crippen molar-refractivity contribution in [1.29, 1.82) is 0 Å². The van der Waals surface area contributed by atoms with Crippen molar-refractivity contribution in [3.63, 3.8) is 0 Å². The molecule has 1 atom stereocenters. The molecule has 0 aromatic carbocycles. The number of likely N-dealkylation sites (tertiary alicyclic amines) is 2. The predicted octanol–water partition coefficient (Wildman–Crippen LogP) is 2.82. The Bertz CT molecular complexity index is 571. The summed E-state index contributed by atoms with van der Waals surface area (Å²) in [5.74, 6) is 2.40. The van der Waals surface area contributed by atoms with Crippen molar-refractivity contribution in [3.05, 3.63) is 23.7 Å². The van der Waals surface area contributed by atoms with E-state index in [-0.39, 0.29) is 17.9 Å². The fourth-order valence-corrected chi connectivity index (χ4v) is 4.45. The smallest absolute Gasteiger partial charge is 0.222 e. The number of hydrogen-bond donors (Lipinski definition) is 1. The Morgan fingerprint density at radius 2 is 2.08 bits per heavy atom. The maximum atomic E-state index is 12.2. The SMILES string of the molecule is CCCc1ccc(CN2CCCC3(CCC(=O)N(CCCO)C3)C2)o1. The van der Waals surface area contributed by atoms with Crippen LogP contribution in [0.25, 0.3) is 0 Å². The molecule has 1 aromatic heterocycles. The molecule has 0 bridgehead atoms. The number of amides is 1. The van der Waals surface area contributed by atoms with Gasteiger partial charge in [0.2, 0.25) is 5.91 Å². The number of aryl methyl sites for hydroxylation is 1. The van der Waals surface area contributed by atoms with Crippen molar-refractivity contribution in [2.75, 3.05) is 32.8 Å². The molecule has 1 unspecified atom stereocenters. The molecular formula is C20H32N2O3. The zero-order valence-electron chi connectivity index (χ0n) is 15.5. The molecule has 25 heavy (non-hydrogen) atoms. The lowest BCUT2D eigenvalue weighted by Gasteiger charge is -2.48. The van der Waals surface area contributed by atoms with Crippen LogP contribution in [0.2, 0.25) is 0 Å². The Morgan fingerprint density at radius 1 is 1.24 bits per heavy atom. The average molecular weight is 348 g/mol. The van der Waals surface area contributed by atoms with Gasteiger partial charge in [0.1, 0.15) is 11.5 Å². The van der Waals surface area contributed by atoms with Gasteiger partial charge in [0.15, 0.2) is 0 Å². The van der Waals surface area contributed by atoms with Gasteiger partial charge >= 0.3 is 0 Å². The number of aliphatic hydroxyl groups excluding tert-OH is 1. The number of nitrogens with zero attached hydrogens (tertiary/aromatic N) is 2. The van der Waals surface area contributed by atoms with Crippen LogP contribution in [0.5, 0.6) is 0 Å². The Morgan fingerprint density at radius 3 is 2.88 bits per heavy atom. The van der Waals surface area contributed by atoms with Gasteiger partial charge in [0, 0.05) is 44.5 Å². The first kappa shape index (κ1) is 18.5. The van der Waals surface area contributed by atoms with Crippen LogP contribution < -0.4 is 0 Å². The van der Waals surface area contributed by atoms with Gasteiger partial charge in [0.05, 0.1) is 6.54 Å². The number of furan rings is 1. The summed E-state index contributed by atoms with van der Waals surface area (Å²) in [7, 11) is 0. The summed E-state index contributed by atoms with van der Waals surface area (Å²) < 4.78 is 5.96. The second kappa shape index (κ2) is 8.37. The summed E-state index contributed by atoms with van der Waals surface area (Å²) in [6, 6.07) is 4.22. The van der Waals surface area contributed by atoms with E-state index in [0.29, 0.717) is 19.4 Å². The molecule has 5 nitrogen and oxygen atoms in total. The van der Waals surface area contributed by atoms with E-state index in [9.17, 15) is 4.79 Å². The Hall–Kier alpha value is -1.33. The zero-order valence-corrected chi connectivity index (χ0v) is 15.5. The molecule has 0 saturated carbocycles. The van der Waals surface area contributed by atoms with Crippen LogP contribution in [-0.4, -0.2) is 53.6 Å². The van der Waals surface area contributed by atoms with E-state index in [4.69, 9.17) is 9.52 Å². The number of carbonyl (C=O) groups excluding carboxylic acids is 1. The van der Waals surface area contributed by atoms with Crippen LogP contribution >= 0.6 is 0 Å². The van der Waals surface area contributed by atoms with Crippen molar-refractivity contribution in [2.45, 2.75) is 58.4 Å². The van der Waals surface area contributed by atoms with Crippen LogP contribution in [0.15, 0.2) is 16.5 Å². The largest absolute Gasteiger partial charge is 0.465 e. The van der Waals surface area contributed by atoms with Crippen molar-refractivity contribution in [1.82, 2.24) is 9.80 Å². The van der Waals surface area contributed by atoms with Gasteiger partial charge in [-0.1, -0.05) is 6.92 Å². The summed E-state index contributed by atoms with van der Waals surface area (Å²) >= 11 is 0. The standard InChI is InChI=1S/C20H32N2O3/c1-2-5-17-6-7-18(25-17)14-21-11-3-9-20(15-21)10-8-19(24)22(16-20)12-4-13-23/h6-7,23H,2-5,8-16H2,1H3. The van der Waals surface area contributed by atoms with Gasteiger partial charge in [-0.25, -0.2) is 0 Å². The topological polar surface area (TPSA) is 56.9 Å². The highest BCUT2D eigenvalue weighted by molar-refractivity contribution is 5.77. The van der Waals surface area contributed by atoms with Crippen LogP contribution in [-0.2, 0) is 17.8 Å². The normalized spacial score (nSPS) is 25.0. The summed E-state index contributed by atoms with van der Waals surface area (Å²) in [5, 5.41) is 9.07. The number of carbonyl (C=O) groups is 1. The van der Waals surface area contributed by atoms with E-state index in [2.05, 4.69) is 24.0 Å². The molecule has 2 fully saturated rings. The predicted molar refractivity (Wildman–Crippen MR) is 97.2 cm³/mol. The van der Waals surface area contributed by atoms with E-state index in [1.807, 2.05) is 4.90 Å². The first-order chi connectivity index (χ1) is 12.1. The first-order valence-electron chi connectivity index (χ1n) is 9.83. The zero-order chi connectivity index (χ0) is 17.7. The molecule has 140 valence electrons. The van der Waals surface area contributed by atoms with Crippen molar-refractivity contribution in [2.24, 2.45) is 5.41 Å². The summed E-state index contributed by atoms with van der Waals surface area (Å²) in [5.41, 5.74) is 0.223. The average Bonchev–Trinajstić information content (AvgIpc) is 3.04. The van der Waals surface area contributed by atoms with Gasteiger partial charge in [-0.05, 0) is 50.8 Å². The molecule has 1 amide bonds. The third-order valence-electron chi connectivity index (χ3n) is 5.67. The van der Waals surface area contributed by atoms with E-state index in [1.165, 1.54) is 12.8 Å². The van der Waals surface area contributed by atoms with E-state index < -0.39 is 0 Å². The maximum absolute atomic E-state index is 12.2. The molecule has 0 radical (unpaired) electrons. The van der Waals surface area contributed by atoms with Gasteiger partial charge < -0.3 is 14.4 Å². The number of hydrogen-bond acceptors (Lipinski definition) is 4. The van der Waals surface area contributed by atoms with Crippen LogP contribution in [0.3, 0.4) is 0 Å². The van der Waals surface area contributed by atoms with Crippen molar-refractivity contribution >= 4 is 5.91 Å². The second-order valence-electron chi connectivity index (χ2n) is 7.82. The Labute approximate surface area is 151 Å². The maximum Gasteiger partial charge on any atom is 0.222 e. The molecule has 2 aliphatic rings. The van der Waals surface area contributed by atoms with Gasteiger partial charge in [-0.15, -0.1) is 0 Å². The van der Waals surface area contributed by atoms with Crippen LogP contribution in [0, 0.1) is 5.41 Å². The Kier molecular flexibility index (Phi) is 6.18. The molecule has 3 heterocycles. The van der Waals surface area contributed by atoms with Gasteiger partial charge in [0.25, 0.3) is 0 Å². The van der Waals surface area contributed by atoms with Gasteiger partial charge in [-0.2, -0.15) is 0 Å². The molecule has 3 rings (SSSR count). The lowest BCUT2D eigenvalue weighted by atomic mass is 9.73. The third-order valence-corrected chi connectivity index (χ3v) is 5.67. The Balaban J connectivity index is 1.60. The number of piperidine rings is 2. The highest BCUT2D eigenvalue weighted by atomic mass is 16.3. The molecule has 0 aliphatic carbocycles. The molecule has 1 spiro atoms. The summed E-state index contributed by atoms with van der Waals surface area (Å²) in [6.45, 7) is 6.88. The molecule has 2 saturated heterocycles. The minimum Gasteiger partial charge on any atom is -0.465 e. The fourth-order valence-electron chi connectivity index (χ4n) is 4.45. The highest BCUT2D eigenvalue weighted by Crippen LogP contribution is 2.39. The quantitative estimate of drug-likeness (QED) is 0.823. The lowest BCUT2D eigenvalue weighted by molar-refractivity contribution is -0.139. The van der Waals surface area contributed by atoms with Gasteiger partial charge in [-0.3, -0.25) is 9.69 Å². The number of aliphatic hydroxyl groups is 1. The van der Waals surface area contributed by atoms with Crippen molar-refractivity contribution in [3.8, 4) is 0 Å². The minimum atomic E-state index is 0.154. The van der Waals surface area contributed by atoms with E-state index in [1.54, 1.807) is 0 Å². The summed E-state index contributed by atoms with van der Waals surface area (Å²) in [6.07, 6.45) is 6.83. The highest BCUT2D eigenvalue weighted by Gasteiger charge is 2.41. The summed E-state index contributed by atoms with van der Waals surface area (Å²) in [4.78, 5) is 16.7. The third kappa shape index (κ3) is 4.64. The van der Waals surface area contributed by atoms with E-state index >= 15 is 0 Å². The molecule has 1 N–H and O–H groups in total. The van der Waals surface area contributed by atoms with Crippen LogP contribution in [0.4, 0.5) is 0 Å². The van der Waals surface area contributed by atoms with Crippen LogP contribution in [0.1, 0.15) is 57.0 Å². The first-order valence-corrected chi connectivity index (χ1v) is 9.83. The molecule has 1 aromatic rings. The molecule has 2 aliphatic heterocycles. The minimum absolute atomic E-state index is 0.154. The monoisotopic (exact) mass is 348 g/mol. The molecule has 5 heteroatoms. The lowest BCUT2D eigenvalue weighted by Crippen LogP contribution is -2.54. The molecular weight excluding hydrogens is 316 g/mol. The fraction of sp³-hybridized carbons (Fsp3) is 0.750. The van der Waals surface area contributed by atoms with Crippen molar-refractivity contribution < 1.29 is 14.3 Å². The number of rotatable bonds is 7. The van der Waals surface area contributed by atoms with E-state index in [0.717, 1.165) is 57.0 Å². The second-order valence-corrected chi connectivity index (χ2v) is 7.82.